The predicted molar refractivity (Wildman–Crippen MR) is 114 cm³/mol. The largest absolute Gasteiger partial charge is 0.484 e. The van der Waals surface area contributed by atoms with Crippen LogP contribution in [0.1, 0.15) is 11.1 Å². The minimum atomic E-state index is -0.489. The number of benzene rings is 2. The van der Waals surface area contributed by atoms with Crippen molar-refractivity contribution in [2.75, 3.05) is 25.1 Å². The Morgan fingerprint density at radius 2 is 2.08 bits per heavy atom. The monoisotopic (exact) mass is 466 g/mol. The molecule has 6 nitrogen and oxygen atoms in total. The van der Waals surface area contributed by atoms with E-state index in [1.807, 2.05) is 24.3 Å². The third kappa shape index (κ3) is 4.87. The fraction of sp³-hybridized carbons (Fsp3) is 0.263. The van der Waals surface area contributed by atoms with Gasteiger partial charge in [0.2, 0.25) is 0 Å². The summed E-state index contributed by atoms with van der Waals surface area (Å²) >= 11 is 0. The van der Waals surface area contributed by atoms with Crippen LogP contribution in [0.4, 0.5) is 5.69 Å². The van der Waals surface area contributed by atoms with Crippen LogP contribution < -0.4 is 20.7 Å². The van der Waals surface area contributed by atoms with E-state index in [0.717, 1.165) is 24.5 Å². The van der Waals surface area contributed by atoms with Crippen molar-refractivity contribution in [3.8, 4) is 5.75 Å². The molecule has 26 heavy (non-hydrogen) atoms. The number of hydrogen-bond acceptors (Lipinski definition) is 3. The average molecular weight is 466 g/mol. The molecule has 3 N–H and O–H groups in total. The van der Waals surface area contributed by atoms with Gasteiger partial charge in [-0.3, -0.25) is 9.79 Å². The molecule has 1 heterocycles. The van der Waals surface area contributed by atoms with E-state index < -0.39 is 5.91 Å². The first-order chi connectivity index (χ1) is 12.2. The molecule has 0 fully saturated rings. The number of carbonyl (C=O) groups is 1. The third-order valence-electron chi connectivity index (χ3n) is 4.08. The van der Waals surface area contributed by atoms with E-state index in [2.05, 4.69) is 33.4 Å². The van der Waals surface area contributed by atoms with Gasteiger partial charge in [-0.25, -0.2) is 0 Å². The number of fused-ring (bicyclic) bond motifs is 1. The van der Waals surface area contributed by atoms with E-state index >= 15 is 0 Å². The first-order valence-electron chi connectivity index (χ1n) is 8.23. The van der Waals surface area contributed by atoms with Gasteiger partial charge in [-0.05, 0) is 35.7 Å². The summed E-state index contributed by atoms with van der Waals surface area (Å²) in [5.74, 6) is 0.977. The number of amides is 1. The predicted octanol–water partition coefficient (Wildman–Crippen LogP) is 2.31. The lowest BCUT2D eigenvalue weighted by molar-refractivity contribution is -0.119. The molecule has 0 spiro atoms. The van der Waals surface area contributed by atoms with E-state index in [4.69, 9.17) is 10.5 Å². The van der Waals surface area contributed by atoms with Crippen molar-refractivity contribution in [2.45, 2.75) is 13.0 Å². The zero-order chi connectivity index (χ0) is 17.6. The number of halogens is 1. The molecule has 2 aromatic rings. The van der Waals surface area contributed by atoms with Crippen molar-refractivity contribution >= 4 is 41.5 Å². The number of aliphatic imine (C=N–C) groups is 1. The molecule has 0 unspecified atom stereocenters. The minimum absolute atomic E-state index is 0. The van der Waals surface area contributed by atoms with Crippen LogP contribution in [0.5, 0.6) is 5.75 Å². The number of rotatable bonds is 5. The van der Waals surface area contributed by atoms with Gasteiger partial charge < -0.3 is 20.7 Å². The number of nitrogens with two attached hydrogens (primary N) is 1. The molecule has 0 aliphatic carbocycles. The highest BCUT2D eigenvalue weighted by Gasteiger charge is 2.22. The van der Waals surface area contributed by atoms with Crippen molar-refractivity contribution in [1.82, 2.24) is 5.32 Å². The summed E-state index contributed by atoms with van der Waals surface area (Å²) in [5, 5.41) is 3.39. The van der Waals surface area contributed by atoms with Gasteiger partial charge in [0, 0.05) is 25.8 Å². The van der Waals surface area contributed by atoms with Crippen LogP contribution in [0.2, 0.25) is 0 Å². The van der Waals surface area contributed by atoms with Gasteiger partial charge in [0.1, 0.15) is 5.75 Å². The smallest absolute Gasteiger partial charge is 0.255 e. The molecule has 3 rings (SSSR count). The molecular formula is C19H23IN4O2. The molecule has 1 aliphatic rings. The number of para-hydroxylation sites is 1. The van der Waals surface area contributed by atoms with Gasteiger partial charge in [-0.15, -0.1) is 24.0 Å². The van der Waals surface area contributed by atoms with Gasteiger partial charge >= 0.3 is 0 Å². The maximum atomic E-state index is 10.8. The Balaban J connectivity index is 0.00000243. The minimum Gasteiger partial charge on any atom is -0.484 e. The Bertz CT molecular complexity index is 795. The van der Waals surface area contributed by atoms with Crippen LogP contribution in [0, 0.1) is 0 Å². The average Bonchev–Trinajstić information content (AvgIpc) is 3.05. The summed E-state index contributed by atoms with van der Waals surface area (Å²) in [7, 11) is 1.79. The molecule has 0 aromatic heterocycles. The quantitative estimate of drug-likeness (QED) is 0.403. The van der Waals surface area contributed by atoms with Gasteiger partial charge in [0.15, 0.2) is 12.6 Å². The van der Waals surface area contributed by atoms with Crippen molar-refractivity contribution < 1.29 is 9.53 Å². The Morgan fingerprint density at radius 1 is 1.27 bits per heavy atom. The number of primary amides is 1. The second-order valence-corrected chi connectivity index (χ2v) is 5.83. The first-order valence-corrected chi connectivity index (χ1v) is 8.23. The van der Waals surface area contributed by atoms with E-state index in [-0.39, 0.29) is 30.6 Å². The number of guanidine groups is 1. The lowest BCUT2D eigenvalue weighted by Crippen LogP contribution is -2.40. The standard InChI is InChI=1S/C19H22N4O2.HI/c1-21-19(23-10-9-15-6-2-3-8-17(15)23)22-12-14-5-4-7-16(11-14)25-13-18(20)24;/h2-8,11H,9-10,12-13H2,1H3,(H2,20,24)(H,21,22);1H. The zero-order valence-electron chi connectivity index (χ0n) is 14.6. The van der Waals surface area contributed by atoms with Crippen molar-refractivity contribution in [1.29, 1.82) is 0 Å². The molecule has 0 saturated heterocycles. The van der Waals surface area contributed by atoms with E-state index in [9.17, 15) is 4.79 Å². The lowest BCUT2D eigenvalue weighted by atomic mass is 10.2. The Hall–Kier alpha value is -2.29. The van der Waals surface area contributed by atoms with Crippen LogP contribution >= 0.6 is 24.0 Å². The van der Waals surface area contributed by atoms with Gasteiger partial charge in [0.25, 0.3) is 5.91 Å². The third-order valence-corrected chi connectivity index (χ3v) is 4.08. The maximum Gasteiger partial charge on any atom is 0.255 e. The highest BCUT2D eigenvalue weighted by Crippen LogP contribution is 2.27. The van der Waals surface area contributed by atoms with Crippen LogP contribution in [-0.4, -0.2) is 32.1 Å². The SMILES string of the molecule is CN=C(NCc1cccc(OCC(N)=O)c1)N1CCc2ccccc21.I. The summed E-state index contributed by atoms with van der Waals surface area (Å²) in [4.78, 5) is 17.4. The molecule has 2 aromatic carbocycles. The second kappa shape index (κ2) is 9.42. The summed E-state index contributed by atoms with van der Waals surface area (Å²) < 4.78 is 5.34. The lowest BCUT2D eigenvalue weighted by Gasteiger charge is -2.22. The number of hydrogen-bond donors (Lipinski definition) is 2. The summed E-state index contributed by atoms with van der Waals surface area (Å²) in [5.41, 5.74) is 8.69. The van der Waals surface area contributed by atoms with Crippen LogP contribution in [-0.2, 0) is 17.8 Å². The Kier molecular flexibility index (Phi) is 7.26. The van der Waals surface area contributed by atoms with Crippen molar-refractivity contribution in [2.24, 2.45) is 10.7 Å². The molecule has 0 atom stereocenters. The Labute approximate surface area is 170 Å². The van der Waals surface area contributed by atoms with Crippen LogP contribution in [0.15, 0.2) is 53.5 Å². The fourth-order valence-electron chi connectivity index (χ4n) is 2.93. The first kappa shape index (κ1) is 20.0. The zero-order valence-corrected chi connectivity index (χ0v) is 17.0. The van der Waals surface area contributed by atoms with Gasteiger partial charge in [-0.1, -0.05) is 30.3 Å². The normalized spacial score (nSPS) is 13.0. The molecular weight excluding hydrogens is 443 g/mol. The Morgan fingerprint density at radius 3 is 2.85 bits per heavy atom. The van der Waals surface area contributed by atoms with Crippen LogP contribution in [0.25, 0.3) is 0 Å². The van der Waals surface area contributed by atoms with Crippen molar-refractivity contribution in [3.63, 3.8) is 0 Å². The molecule has 0 radical (unpaired) electrons. The maximum absolute atomic E-state index is 10.8. The number of nitrogens with one attached hydrogen (secondary N) is 1. The topological polar surface area (TPSA) is 80.0 Å². The highest BCUT2D eigenvalue weighted by molar-refractivity contribution is 14.0. The summed E-state index contributed by atoms with van der Waals surface area (Å²) in [6, 6.07) is 16.0. The number of nitrogens with zero attached hydrogens (tertiary/aromatic N) is 2. The molecule has 138 valence electrons. The number of ether oxygens (including phenoxy) is 1. The molecule has 7 heteroatoms. The molecule has 0 saturated carbocycles. The number of anilines is 1. The fourth-order valence-corrected chi connectivity index (χ4v) is 2.93. The highest BCUT2D eigenvalue weighted by atomic mass is 127. The number of carbonyl (C=O) groups excluding carboxylic acids is 1. The molecule has 1 amide bonds. The molecule has 1 aliphatic heterocycles. The van der Waals surface area contributed by atoms with Crippen LogP contribution in [0.3, 0.4) is 0 Å². The second-order valence-electron chi connectivity index (χ2n) is 5.83. The van der Waals surface area contributed by atoms with Gasteiger partial charge in [0.05, 0.1) is 0 Å². The van der Waals surface area contributed by atoms with E-state index in [1.54, 1.807) is 13.1 Å². The van der Waals surface area contributed by atoms with Gasteiger partial charge in [-0.2, -0.15) is 0 Å². The summed E-state index contributed by atoms with van der Waals surface area (Å²) in [6.45, 7) is 1.41. The van der Waals surface area contributed by atoms with Crippen molar-refractivity contribution in [3.05, 3.63) is 59.7 Å². The summed E-state index contributed by atoms with van der Waals surface area (Å²) in [6.07, 6.45) is 1.02. The van der Waals surface area contributed by atoms with E-state index in [1.165, 1.54) is 11.3 Å². The van der Waals surface area contributed by atoms with E-state index in [0.29, 0.717) is 12.3 Å². The molecule has 0 bridgehead atoms.